The van der Waals surface area contributed by atoms with E-state index >= 15 is 4.39 Å². The van der Waals surface area contributed by atoms with Crippen LogP contribution in [0.5, 0.6) is 0 Å². The molecule has 0 aliphatic carbocycles. The van der Waals surface area contributed by atoms with E-state index in [1.54, 1.807) is 6.07 Å². The Morgan fingerprint density at radius 1 is 1.23 bits per heavy atom. The Balaban J connectivity index is 1.36. The minimum absolute atomic E-state index is 0.0307. The number of amides is 1. The number of tetrazole rings is 1. The molecule has 1 aromatic carbocycles. The lowest BCUT2D eigenvalue weighted by molar-refractivity contribution is -0.130. The molecule has 5 heterocycles. The highest BCUT2D eigenvalue weighted by molar-refractivity contribution is 6.31. The van der Waals surface area contributed by atoms with Crippen LogP contribution in [0.1, 0.15) is 47.2 Å². The standard InChI is InChI=1S/C24H16BClF2N8O3/c25-24-5-3-16(22-30-9-14(32-22)12-4-6-29-21(19(12)27)23(38)39)36(24)17(37)7-11(8-24)18-15(35-10-31-33-34-35)2-1-13(26)20(18)28/h1-2,4,6-7,9-10,16H,3,5,8H2,(H,30,32)(H,38,39)/t16-,24+/m0/s1. The number of carbonyl (C=O) groups is 2. The number of aromatic nitrogens is 7. The van der Waals surface area contributed by atoms with Gasteiger partial charge in [0.05, 0.1) is 28.6 Å². The van der Waals surface area contributed by atoms with E-state index in [4.69, 9.17) is 19.4 Å². The molecule has 2 N–H and O–H groups in total. The zero-order valence-corrected chi connectivity index (χ0v) is 20.6. The first-order valence-electron chi connectivity index (χ1n) is 11.7. The fourth-order valence-electron chi connectivity index (χ4n) is 5.26. The van der Waals surface area contributed by atoms with Gasteiger partial charge in [-0.1, -0.05) is 11.6 Å². The van der Waals surface area contributed by atoms with Crippen molar-refractivity contribution >= 4 is 36.9 Å². The third-order valence-electron chi connectivity index (χ3n) is 6.96. The molecule has 0 saturated carbocycles. The zero-order chi connectivity index (χ0) is 27.5. The molecule has 0 unspecified atom stereocenters. The molecule has 1 amide bonds. The first-order chi connectivity index (χ1) is 18.7. The number of hydrogen-bond acceptors (Lipinski definition) is 7. The normalized spacial score (nSPS) is 20.7. The van der Waals surface area contributed by atoms with Crippen LogP contribution < -0.4 is 0 Å². The van der Waals surface area contributed by atoms with Crippen LogP contribution in [-0.4, -0.2) is 70.3 Å². The molecule has 1 fully saturated rings. The van der Waals surface area contributed by atoms with Gasteiger partial charge in [-0.2, -0.15) is 4.68 Å². The molecule has 2 radical (unpaired) electrons. The van der Waals surface area contributed by atoms with Gasteiger partial charge in [-0.25, -0.2) is 23.5 Å². The Kier molecular flexibility index (Phi) is 5.79. The predicted molar refractivity (Wildman–Crippen MR) is 133 cm³/mol. The molecule has 11 nitrogen and oxygen atoms in total. The number of hydrogen-bond donors (Lipinski definition) is 2. The summed E-state index contributed by atoms with van der Waals surface area (Å²) in [4.78, 5) is 37.1. The van der Waals surface area contributed by atoms with Gasteiger partial charge in [0.1, 0.15) is 20.0 Å². The van der Waals surface area contributed by atoms with Crippen molar-refractivity contribution in [2.45, 2.75) is 30.7 Å². The number of halogens is 3. The van der Waals surface area contributed by atoms with E-state index in [0.29, 0.717) is 29.9 Å². The highest BCUT2D eigenvalue weighted by atomic mass is 35.5. The van der Waals surface area contributed by atoms with E-state index in [-0.39, 0.29) is 28.3 Å². The van der Waals surface area contributed by atoms with Crippen molar-refractivity contribution in [3.05, 3.63) is 76.7 Å². The molecular formula is C24H16BClF2N8O3. The third kappa shape index (κ3) is 3.98. The van der Waals surface area contributed by atoms with Crippen molar-refractivity contribution in [2.75, 3.05) is 0 Å². The van der Waals surface area contributed by atoms with Gasteiger partial charge in [0.25, 0.3) is 0 Å². The van der Waals surface area contributed by atoms with E-state index in [2.05, 4.69) is 30.5 Å². The second-order valence-corrected chi connectivity index (χ2v) is 9.64. The summed E-state index contributed by atoms with van der Waals surface area (Å²) in [5, 5.41) is 20.1. The molecule has 4 aromatic rings. The Bertz CT molecular complexity index is 1680. The summed E-state index contributed by atoms with van der Waals surface area (Å²) in [5.41, 5.74) is -1.01. The van der Waals surface area contributed by atoms with Crippen LogP contribution in [0.15, 0.2) is 43.0 Å². The monoisotopic (exact) mass is 548 g/mol. The number of rotatable bonds is 5. The Hall–Kier alpha value is -4.46. The van der Waals surface area contributed by atoms with Crippen LogP contribution >= 0.6 is 11.6 Å². The van der Waals surface area contributed by atoms with E-state index in [1.165, 1.54) is 46.5 Å². The molecule has 0 bridgehead atoms. The van der Waals surface area contributed by atoms with Crippen LogP contribution in [0.3, 0.4) is 0 Å². The molecule has 2 aliphatic heterocycles. The van der Waals surface area contributed by atoms with Crippen LogP contribution in [-0.2, 0) is 4.79 Å². The van der Waals surface area contributed by atoms with Gasteiger partial charge < -0.3 is 15.0 Å². The average Bonchev–Trinajstić information content (AvgIpc) is 3.65. The zero-order valence-electron chi connectivity index (χ0n) is 19.8. The largest absolute Gasteiger partial charge is 0.476 e. The van der Waals surface area contributed by atoms with Crippen LogP contribution in [0.25, 0.3) is 22.5 Å². The molecule has 15 heteroatoms. The van der Waals surface area contributed by atoms with Crippen molar-refractivity contribution in [1.29, 1.82) is 0 Å². The second-order valence-electron chi connectivity index (χ2n) is 9.23. The van der Waals surface area contributed by atoms with Gasteiger partial charge in [0.15, 0.2) is 17.3 Å². The number of nitrogens with zero attached hydrogens (tertiary/aromatic N) is 7. The van der Waals surface area contributed by atoms with Gasteiger partial charge in [-0.3, -0.25) is 4.79 Å². The van der Waals surface area contributed by atoms with Crippen molar-refractivity contribution in [1.82, 2.24) is 40.1 Å². The van der Waals surface area contributed by atoms with Gasteiger partial charge in [0, 0.05) is 28.8 Å². The number of aromatic carboxylic acids is 1. The molecule has 39 heavy (non-hydrogen) atoms. The summed E-state index contributed by atoms with van der Waals surface area (Å²) in [5.74, 6) is -3.36. The number of carboxylic acids is 1. The lowest BCUT2D eigenvalue weighted by atomic mass is 9.68. The maximum atomic E-state index is 15.3. The summed E-state index contributed by atoms with van der Waals surface area (Å²) in [6.45, 7) is 0. The fourth-order valence-corrected chi connectivity index (χ4v) is 5.42. The van der Waals surface area contributed by atoms with Crippen molar-refractivity contribution in [3.8, 4) is 16.9 Å². The third-order valence-corrected chi connectivity index (χ3v) is 7.25. The van der Waals surface area contributed by atoms with Crippen molar-refractivity contribution < 1.29 is 23.5 Å². The quantitative estimate of drug-likeness (QED) is 0.362. The van der Waals surface area contributed by atoms with Crippen LogP contribution in [0, 0.1) is 11.6 Å². The lowest BCUT2D eigenvalue weighted by Gasteiger charge is -2.42. The maximum absolute atomic E-state index is 15.3. The number of pyridine rings is 1. The average molecular weight is 549 g/mol. The van der Waals surface area contributed by atoms with E-state index in [1.807, 2.05) is 0 Å². The molecule has 1 saturated heterocycles. The highest BCUT2D eigenvalue weighted by Crippen LogP contribution is 2.48. The number of fused-ring (bicyclic) bond motifs is 1. The van der Waals surface area contributed by atoms with E-state index < -0.39 is 40.7 Å². The summed E-state index contributed by atoms with van der Waals surface area (Å²) >= 11 is 6.08. The van der Waals surface area contributed by atoms with Crippen molar-refractivity contribution in [2.24, 2.45) is 0 Å². The number of carbonyl (C=O) groups excluding carboxylic acids is 1. The topological polar surface area (TPSA) is 143 Å². The summed E-state index contributed by atoms with van der Waals surface area (Å²) in [7, 11) is 6.75. The lowest BCUT2D eigenvalue weighted by Crippen LogP contribution is -2.51. The van der Waals surface area contributed by atoms with Gasteiger partial charge in [0.2, 0.25) is 5.91 Å². The van der Waals surface area contributed by atoms with Crippen LogP contribution in [0.4, 0.5) is 8.78 Å². The SMILES string of the molecule is [B][C@]12CC[C@@H](c3ncc(-c4ccnc(C(=O)O)c4F)[nH]3)N1C(=O)C=C(c1c(-n3cnnn3)ccc(Cl)c1F)C2. The Morgan fingerprint density at radius 3 is 2.79 bits per heavy atom. The molecule has 2 atom stereocenters. The van der Waals surface area contributed by atoms with Crippen molar-refractivity contribution in [3.63, 3.8) is 0 Å². The smallest absolute Gasteiger partial charge is 0.357 e. The molecular weight excluding hydrogens is 533 g/mol. The number of H-pyrrole nitrogens is 1. The van der Waals surface area contributed by atoms with E-state index in [0.717, 1.165) is 0 Å². The predicted octanol–water partition coefficient (Wildman–Crippen LogP) is 3.09. The Labute approximate surface area is 224 Å². The molecule has 3 aromatic heterocycles. The summed E-state index contributed by atoms with van der Waals surface area (Å²) < 4.78 is 31.4. The number of benzene rings is 1. The first kappa shape index (κ1) is 24.9. The second kappa shape index (κ2) is 9.08. The number of nitrogens with one attached hydrogen (secondary N) is 1. The van der Waals surface area contributed by atoms with Crippen LogP contribution in [0.2, 0.25) is 5.02 Å². The van der Waals surface area contributed by atoms with E-state index in [9.17, 15) is 19.1 Å². The van der Waals surface area contributed by atoms with Gasteiger partial charge >= 0.3 is 5.97 Å². The Morgan fingerprint density at radius 2 is 2.05 bits per heavy atom. The molecule has 0 spiro atoms. The number of imidazole rings is 1. The first-order valence-corrected chi connectivity index (χ1v) is 12.0. The van der Waals surface area contributed by atoms with Gasteiger partial charge in [-0.05, 0) is 53.5 Å². The molecule has 2 aliphatic rings. The number of carboxylic acid groups (broad SMARTS) is 1. The fraction of sp³-hybridized carbons (Fsp3) is 0.208. The summed E-state index contributed by atoms with van der Waals surface area (Å²) in [6.07, 6.45) is 6.04. The summed E-state index contributed by atoms with van der Waals surface area (Å²) in [6, 6.07) is 3.66. The maximum Gasteiger partial charge on any atom is 0.357 e. The highest BCUT2D eigenvalue weighted by Gasteiger charge is 2.49. The minimum atomic E-state index is -1.50. The molecule has 6 rings (SSSR count). The van der Waals surface area contributed by atoms with Gasteiger partial charge in [-0.15, -0.1) is 5.10 Å². The molecule has 194 valence electrons. The number of aromatic amines is 1. The minimum Gasteiger partial charge on any atom is -0.476 e.